The predicted molar refractivity (Wildman–Crippen MR) is 176 cm³/mol. The van der Waals surface area contributed by atoms with Gasteiger partial charge < -0.3 is 30.7 Å². The van der Waals surface area contributed by atoms with Crippen LogP contribution in [-0.2, 0) is 4.74 Å². The van der Waals surface area contributed by atoms with Gasteiger partial charge in [0, 0.05) is 53.0 Å². The van der Waals surface area contributed by atoms with E-state index in [1.165, 1.54) is 12.1 Å². The van der Waals surface area contributed by atoms with E-state index in [4.69, 9.17) is 25.2 Å². The molecule has 244 valence electrons. The maximum absolute atomic E-state index is 17.3. The first kappa shape index (κ1) is 30.2. The average Bonchev–Trinajstić information content (AvgIpc) is 3.75. The molecule has 13 heteroatoms. The van der Waals surface area contributed by atoms with Gasteiger partial charge in [-0.1, -0.05) is 0 Å². The molecule has 0 radical (unpaired) electrons. The summed E-state index contributed by atoms with van der Waals surface area (Å²) in [4.78, 5) is 26.0. The Labute approximate surface area is 274 Å². The van der Waals surface area contributed by atoms with E-state index < -0.39 is 17.5 Å². The Morgan fingerprint density at radius 3 is 2.83 bits per heavy atom. The summed E-state index contributed by atoms with van der Waals surface area (Å²) >= 11 is 0.934. The molecule has 2 bridgehead atoms. The summed E-state index contributed by atoms with van der Waals surface area (Å²) < 4.78 is 44.6. The number of ether oxygens (including phenoxy) is 2. The number of hydrogen-bond acceptors (Lipinski definition) is 10. The van der Waals surface area contributed by atoms with Gasteiger partial charge in [0.15, 0.2) is 5.82 Å². The fourth-order valence-electron chi connectivity index (χ4n) is 8.18. The molecule has 10 nitrogen and oxygen atoms in total. The van der Waals surface area contributed by atoms with Crippen LogP contribution in [0.25, 0.3) is 32.1 Å². The number of piperazine rings is 1. The molecule has 6 atom stereocenters. The number of hydrogen-bond donors (Lipinski definition) is 3. The number of nitriles is 1. The zero-order valence-electron chi connectivity index (χ0n) is 26.5. The lowest BCUT2D eigenvalue weighted by atomic mass is 9.95. The van der Waals surface area contributed by atoms with E-state index in [-0.39, 0.29) is 84.6 Å². The van der Waals surface area contributed by atoms with Gasteiger partial charge in [-0.25, -0.2) is 18.7 Å². The second-order valence-electron chi connectivity index (χ2n) is 13.7. The van der Waals surface area contributed by atoms with Crippen molar-refractivity contribution in [2.24, 2.45) is 5.92 Å². The topological polar surface area (TPSA) is 138 Å². The number of anilines is 2. The van der Waals surface area contributed by atoms with Crippen LogP contribution in [0, 0.1) is 35.8 Å². The van der Waals surface area contributed by atoms with Gasteiger partial charge in [0.25, 0.3) is 5.91 Å². The minimum atomic E-state index is -0.711. The number of aryl methyl sites for hydroxylation is 1. The lowest BCUT2D eigenvalue weighted by molar-refractivity contribution is 0.0916. The number of benzene rings is 1. The highest BCUT2D eigenvalue weighted by Crippen LogP contribution is 2.48. The van der Waals surface area contributed by atoms with Gasteiger partial charge in [-0.15, -0.1) is 11.3 Å². The number of carbonyl (C=O) groups excluding carboxylic acids is 1. The van der Waals surface area contributed by atoms with Gasteiger partial charge in [0.05, 0.1) is 28.3 Å². The first-order valence-electron chi connectivity index (χ1n) is 16.0. The summed E-state index contributed by atoms with van der Waals surface area (Å²) in [6, 6.07) is 4.45. The Bertz CT molecular complexity index is 2040. The van der Waals surface area contributed by atoms with Gasteiger partial charge in [0.1, 0.15) is 40.2 Å². The summed E-state index contributed by atoms with van der Waals surface area (Å²) in [5, 5.41) is 17.7. The van der Waals surface area contributed by atoms with E-state index in [2.05, 4.69) is 28.5 Å². The van der Waals surface area contributed by atoms with Gasteiger partial charge in [-0.2, -0.15) is 5.26 Å². The molecular formula is C34H35F2N7O3S. The number of nitrogens with one attached hydrogen (secondary N) is 2. The van der Waals surface area contributed by atoms with Crippen LogP contribution >= 0.6 is 11.3 Å². The fourth-order valence-corrected chi connectivity index (χ4v) is 9.13. The van der Waals surface area contributed by atoms with Crippen LogP contribution in [0.2, 0.25) is 0 Å². The molecule has 4 N–H and O–H groups in total. The average molecular weight is 660 g/mol. The molecule has 4 aliphatic heterocycles. The molecule has 4 aromatic rings. The highest BCUT2D eigenvalue weighted by molar-refractivity contribution is 7.23. The van der Waals surface area contributed by atoms with Crippen LogP contribution in [-0.4, -0.2) is 65.4 Å². The van der Waals surface area contributed by atoms with Crippen molar-refractivity contribution in [1.82, 2.24) is 20.6 Å². The van der Waals surface area contributed by atoms with Crippen molar-refractivity contribution < 1.29 is 23.0 Å². The highest BCUT2D eigenvalue weighted by Gasteiger charge is 2.51. The van der Waals surface area contributed by atoms with Crippen LogP contribution in [0.1, 0.15) is 61.6 Å². The number of rotatable bonds is 4. The number of aromatic nitrogens is 2. The minimum absolute atomic E-state index is 0.0607. The Balaban J connectivity index is 1.40. The molecule has 0 aliphatic carbocycles. The molecule has 3 aromatic heterocycles. The number of thiophene rings is 1. The maximum atomic E-state index is 17.3. The number of pyridine rings is 2. The molecule has 0 spiro atoms. The van der Waals surface area contributed by atoms with E-state index >= 15 is 8.78 Å². The number of fused-ring (bicyclic) bond motifs is 6. The molecule has 3 fully saturated rings. The fraction of sp³-hybridized carbons (Fsp3) is 0.471. The lowest BCUT2D eigenvalue weighted by Crippen LogP contribution is -2.66. The zero-order valence-corrected chi connectivity index (χ0v) is 27.4. The molecule has 8 rings (SSSR count). The maximum Gasteiger partial charge on any atom is 0.270 e. The third-order valence-corrected chi connectivity index (χ3v) is 11.6. The monoisotopic (exact) mass is 659 g/mol. The molecular weight excluding hydrogens is 624 g/mol. The predicted octanol–water partition coefficient (Wildman–Crippen LogP) is 5.19. The molecule has 0 saturated carbocycles. The summed E-state index contributed by atoms with van der Waals surface area (Å²) in [5.74, 6) is -0.890. The van der Waals surface area contributed by atoms with Crippen molar-refractivity contribution in [1.29, 1.82) is 5.26 Å². The summed E-state index contributed by atoms with van der Waals surface area (Å²) in [6.07, 6.45) is 2.36. The molecule has 4 aliphatic rings. The van der Waals surface area contributed by atoms with Crippen LogP contribution in [0.5, 0.6) is 5.88 Å². The summed E-state index contributed by atoms with van der Waals surface area (Å²) in [5.41, 5.74) is 6.54. The SMILES string of the molecule is Cc1c(C(=O)NC(C)C2CCOC2)nc2c3c(nc(-c4ccc(F)c5sc(N)c(C#N)c45)c(F)c13)O[C@@H](C)[C@@H]1[C@@H]3CC[C@](C)(CN21)N3. The number of halogens is 2. The largest absolute Gasteiger partial charge is 0.472 e. The van der Waals surface area contributed by atoms with Crippen molar-refractivity contribution in [3.8, 4) is 23.2 Å². The molecule has 47 heavy (non-hydrogen) atoms. The van der Waals surface area contributed by atoms with E-state index in [9.17, 15) is 10.1 Å². The standard InChI is InChI=1S/C34H35F2N7O3S/c1-14-22-24-31(40-26(14)32(44)39-15(2)17-8-10-45-12-17)43-13-34(4)9-7-21(42-34)28(43)16(3)46-33(24)41-27(25(22)36)18-5-6-20(35)29-23(18)19(11-37)30(38)47-29/h5-6,15-17,21,28,42H,7-10,12-13,38H2,1-4H3,(H,39,44)/t15?,16-,17?,21-,28+,34+/m0/s1. The highest BCUT2D eigenvalue weighted by atomic mass is 32.1. The summed E-state index contributed by atoms with van der Waals surface area (Å²) in [7, 11) is 0. The van der Waals surface area contributed by atoms with Crippen LogP contribution in [0.15, 0.2) is 12.1 Å². The second kappa shape index (κ2) is 10.7. The molecule has 1 aromatic carbocycles. The van der Waals surface area contributed by atoms with Crippen molar-refractivity contribution >= 4 is 48.9 Å². The Hall–Kier alpha value is -4.12. The number of nitrogens with zero attached hydrogens (tertiary/aromatic N) is 4. The molecule has 3 saturated heterocycles. The third-order valence-electron chi connectivity index (χ3n) is 10.6. The van der Waals surface area contributed by atoms with Crippen molar-refractivity contribution in [2.75, 3.05) is 30.4 Å². The van der Waals surface area contributed by atoms with E-state index in [0.717, 1.165) is 30.6 Å². The molecule has 1 amide bonds. The quantitative estimate of drug-likeness (QED) is 0.270. The van der Waals surface area contributed by atoms with Crippen LogP contribution in [0.4, 0.5) is 19.6 Å². The number of carbonyl (C=O) groups is 1. The third kappa shape index (κ3) is 4.48. The number of nitrogens with two attached hydrogens (primary N) is 1. The molecule has 7 heterocycles. The second-order valence-corrected chi connectivity index (χ2v) is 14.7. The van der Waals surface area contributed by atoms with Crippen LogP contribution < -0.4 is 26.0 Å². The Morgan fingerprint density at radius 2 is 2.09 bits per heavy atom. The van der Waals surface area contributed by atoms with E-state index in [1.54, 1.807) is 6.92 Å². The van der Waals surface area contributed by atoms with Gasteiger partial charge in [-0.05, 0) is 64.7 Å². The Kier molecular flexibility index (Phi) is 6.88. The van der Waals surface area contributed by atoms with Gasteiger partial charge in [-0.3, -0.25) is 4.79 Å². The van der Waals surface area contributed by atoms with Gasteiger partial charge >= 0.3 is 0 Å². The first-order chi connectivity index (χ1) is 22.5. The van der Waals surface area contributed by atoms with E-state index in [1.807, 2.05) is 13.8 Å². The smallest absolute Gasteiger partial charge is 0.270 e. The number of amides is 1. The van der Waals surface area contributed by atoms with Crippen LogP contribution in [0.3, 0.4) is 0 Å². The lowest BCUT2D eigenvalue weighted by Gasteiger charge is -2.46. The first-order valence-corrected chi connectivity index (χ1v) is 16.9. The van der Waals surface area contributed by atoms with Crippen molar-refractivity contribution in [3.63, 3.8) is 0 Å². The summed E-state index contributed by atoms with van der Waals surface area (Å²) in [6.45, 7) is 9.57. The normalized spacial score (nSPS) is 27.0. The molecule has 2 unspecified atom stereocenters. The van der Waals surface area contributed by atoms with Gasteiger partial charge in [0.2, 0.25) is 5.88 Å². The van der Waals surface area contributed by atoms with Crippen molar-refractivity contribution in [2.45, 2.75) is 76.7 Å². The Morgan fingerprint density at radius 1 is 1.28 bits per heavy atom. The minimum Gasteiger partial charge on any atom is -0.472 e. The van der Waals surface area contributed by atoms with Crippen molar-refractivity contribution in [3.05, 3.63) is 40.6 Å². The zero-order chi connectivity index (χ0) is 32.9. The van der Waals surface area contributed by atoms with E-state index in [0.29, 0.717) is 36.5 Å². The number of nitrogen functional groups attached to an aromatic ring is 1.